The summed E-state index contributed by atoms with van der Waals surface area (Å²) < 4.78 is 16.3. The van der Waals surface area contributed by atoms with Crippen molar-refractivity contribution >= 4 is 5.91 Å². The Balaban J connectivity index is 1.22. The van der Waals surface area contributed by atoms with Crippen LogP contribution in [0.25, 0.3) is 0 Å². The van der Waals surface area contributed by atoms with Gasteiger partial charge in [-0.25, -0.2) is 0 Å². The zero-order valence-corrected chi connectivity index (χ0v) is 19.4. The lowest BCUT2D eigenvalue weighted by Crippen LogP contribution is -2.49. The summed E-state index contributed by atoms with van der Waals surface area (Å²) in [6.45, 7) is 7.63. The first-order valence-corrected chi connectivity index (χ1v) is 12.1. The number of rotatable bonds is 7. The lowest BCUT2D eigenvalue weighted by Gasteiger charge is -2.40. The van der Waals surface area contributed by atoms with E-state index in [-0.39, 0.29) is 24.4 Å². The second kappa shape index (κ2) is 10.6. The van der Waals surface area contributed by atoms with Crippen LogP contribution < -0.4 is 14.8 Å². The number of piperidine rings is 1. The fourth-order valence-electron chi connectivity index (χ4n) is 5.15. The molecule has 2 aromatic rings. The Hall–Kier alpha value is -2.81. The number of morpholine rings is 1. The first-order valence-electron chi connectivity index (χ1n) is 12.1. The normalized spacial score (nSPS) is 23.1. The molecule has 0 spiro atoms. The van der Waals surface area contributed by atoms with Crippen molar-refractivity contribution in [3.63, 3.8) is 0 Å². The Labute approximate surface area is 200 Å². The van der Waals surface area contributed by atoms with Crippen molar-refractivity contribution in [1.29, 1.82) is 0 Å². The van der Waals surface area contributed by atoms with E-state index in [1.165, 1.54) is 0 Å². The number of phenolic OH excluding ortho intramolecular Hbond substituents is 1. The van der Waals surface area contributed by atoms with Gasteiger partial charge in [0.05, 0.1) is 19.1 Å². The van der Waals surface area contributed by atoms with Crippen molar-refractivity contribution in [3.05, 3.63) is 53.6 Å². The number of benzene rings is 2. The van der Waals surface area contributed by atoms with Gasteiger partial charge in [-0.3, -0.25) is 14.6 Å². The topological polar surface area (TPSA) is 83.5 Å². The Morgan fingerprint density at radius 3 is 2.56 bits per heavy atom. The standard InChI is InChI=1S/C26H33N3O5/c30-23-4-1-19(2-5-23)14-29-16-21(15-28-7-9-32-10-8-28)11-22(17-29)26(31)27-13-20-3-6-24-25(12-20)34-18-33-24/h1-6,12,21-22,30H,7-11,13-18H2,(H,27,31)/t21-,22-/m1/s1. The first kappa shape index (κ1) is 23.0. The summed E-state index contributed by atoms with van der Waals surface area (Å²) in [6.07, 6.45) is 0.885. The second-order valence-corrected chi connectivity index (χ2v) is 9.48. The molecular formula is C26H33N3O5. The van der Waals surface area contributed by atoms with E-state index >= 15 is 0 Å². The molecule has 2 saturated heterocycles. The van der Waals surface area contributed by atoms with E-state index in [0.717, 1.165) is 81.5 Å². The van der Waals surface area contributed by atoms with Crippen LogP contribution in [0.15, 0.2) is 42.5 Å². The van der Waals surface area contributed by atoms with E-state index in [4.69, 9.17) is 14.2 Å². The third-order valence-electron chi connectivity index (χ3n) is 6.85. The first-order chi connectivity index (χ1) is 16.6. The van der Waals surface area contributed by atoms with Crippen LogP contribution in [-0.2, 0) is 22.6 Å². The number of nitrogens with zero attached hydrogens (tertiary/aromatic N) is 2. The van der Waals surface area contributed by atoms with Gasteiger partial charge in [0.2, 0.25) is 12.7 Å². The lowest BCUT2D eigenvalue weighted by atomic mass is 9.87. The predicted octanol–water partition coefficient (Wildman–Crippen LogP) is 2.21. The zero-order valence-electron chi connectivity index (χ0n) is 19.4. The third kappa shape index (κ3) is 5.81. The summed E-state index contributed by atoms with van der Waals surface area (Å²) in [5, 5.41) is 12.8. The minimum atomic E-state index is -0.0640. The molecule has 3 heterocycles. The average molecular weight is 468 g/mol. The van der Waals surface area contributed by atoms with Gasteiger partial charge in [0.25, 0.3) is 0 Å². The SMILES string of the molecule is O=C(NCc1ccc2c(c1)OCO2)[C@@H]1C[C@H](CN2CCOCC2)CN(Cc2ccc(O)cc2)C1. The molecule has 0 unspecified atom stereocenters. The lowest BCUT2D eigenvalue weighted by molar-refractivity contribution is -0.128. The van der Waals surface area contributed by atoms with Crippen molar-refractivity contribution in [2.45, 2.75) is 19.5 Å². The molecule has 2 aromatic carbocycles. The van der Waals surface area contributed by atoms with E-state index in [1.807, 2.05) is 30.3 Å². The van der Waals surface area contributed by atoms with Crippen molar-refractivity contribution in [2.24, 2.45) is 11.8 Å². The molecule has 182 valence electrons. The summed E-state index contributed by atoms with van der Waals surface area (Å²) in [4.78, 5) is 18.1. The van der Waals surface area contributed by atoms with Crippen molar-refractivity contribution in [1.82, 2.24) is 15.1 Å². The number of carbonyl (C=O) groups excluding carboxylic acids is 1. The molecule has 34 heavy (non-hydrogen) atoms. The molecule has 1 amide bonds. The molecule has 5 rings (SSSR count). The molecule has 2 N–H and O–H groups in total. The van der Waals surface area contributed by atoms with Gasteiger partial charge in [0, 0.05) is 45.8 Å². The van der Waals surface area contributed by atoms with Crippen LogP contribution in [0.2, 0.25) is 0 Å². The number of nitrogens with one attached hydrogen (secondary N) is 1. The van der Waals surface area contributed by atoms with Crippen LogP contribution >= 0.6 is 0 Å². The van der Waals surface area contributed by atoms with Crippen LogP contribution in [0, 0.1) is 11.8 Å². The highest BCUT2D eigenvalue weighted by atomic mass is 16.7. The van der Waals surface area contributed by atoms with E-state index in [9.17, 15) is 9.90 Å². The van der Waals surface area contributed by atoms with Gasteiger partial charge in [0.1, 0.15) is 5.75 Å². The van der Waals surface area contributed by atoms with E-state index in [0.29, 0.717) is 12.5 Å². The molecule has 2 fully saturated rings. The van der Waals surface area contributed by atoms with Crippen LogP contribution in [0.4, 0.5) is 0 Å². The minimum Gasteiger partial charge on any atom is -0.508 e. The molecule has 0 radical (unpaired) electrons. The van der Waals surface area contributed by atoms with Gasteiger partial charge in [-0.05, 0) is 47.7 Å². The van der Waals surface area contributed by atoms with Gasteiger partial charge in [-0.15, -0.1) is 0 Å². The summed E-state index contributed by atoms with van der Waals surface area (Å²) >= 11 is 0. The van der Waals surface area contributed by atoms with Gasteiger partial charge >= 0.3 is 0 Å². The maximum Gasteiger partial charge on any atom is 0.231 e. The fourth-order valence-corrected chi connectivity index (χ4v) is 5.15. The molecule has 3 aliphatic rings. The monoisotopic (exact) mass is 467 g/mol. The van der Waals surface area contributed by atoms with Gasteiger partial charge < -0.3 is 24.6 Å². The van der Waals surface area contributed by atoms with Crippen molar-refractivity contribution in [2.75, 3.05) is 52.7 Å². The second-order valence-electron chi connectivity index (χ2n) is 9.48. The Bertz CT molecular complexity index is 977. The number of ether oxygens (including phenoxy) is 3. The summed E-state index contributed by atoms with van der Waals surface area (Å²) in [6, 6.07) is 13.1. The highest BCUT2D eigenvalue weighted by molar-refractivity contribution is 5.79. The maximum atomic E-state index is 13.2. The maximum absolute atomic E-state index is 13.2. The highest BCUT2D eigenvalue weighted by Gasteiger charge is 2.32. The van der Waals surface area contributed by atoms with Crippen LogP contribution in [0.3, 0.4) is 0 Å². The summed E-state index contributed by atoms with van der Waals surface area (Å²) in [5.74, 6) is 2.21. The van der Waals surface area contributed by atoms with Crippen LogP contribution in [-0.4, -0.2) is 73.5 Å². The van der Waals surface area contributed by atoms with E-state index in [2.05, 4.69) is 15.1 Å². The Morgan fingerprint density at radius 2 is 1.74 bits per heavy atom. The number of amides is 1. The predicted molar refractivity (Wildman–Crippen MR) is 127 cm³/mol. The molecule has 0 saturated carbocycles. The molecule has 0 aromatic heterocycles. The molecular weight excluding hydrogens is 434 g/mol. The zero-order chi connectivity index (χ0) is 23.3. The molecule has 8 heteroatoms. The minimum absolute atomic E-state index is 0.0640. The summed E-state index contributed by atoms with van der Waals surface area (Å²) in [5.41, 5.74) is 2.14. The van der Waals surface area contributed by atoms with E-state index in [1.54, 1.807) is 12.1 Å². The molecule has 0 bridgehead atoms. The number of phenols is 1. The third-order valence-corrected chi connectivity index (χ3v) is 6.85. The Morgan fingerprint density at radius 1 is 0.971 bits per heavy atom. The number of carbonyl (C=O) groups is 1. The Kier molecular flexibility index (Phi) is 7.18. The smallest absolute Gasteiger partial charge is 0.231 e. The van der Waals surface area contributed by atoms with Crippen molar-refractivity contribution in [3.8, 4) is 17.2 Å². The molecule has 2 atom stereocenters. The molecule has 3 aliphatic heterocycles. The van der Waals surface area contributed by atoms with Crippen molar-refractivity contribution < 1.29 is 24.1 Å². The van der Waals surface area contributed by atoms with Crippen LogP contribution in [0.1, 0.15) is 17.5 Å². The van der Waals surface area contributed by atoms with Gasteiger partial charge in [0.15, 0.2) is 11.5 Å². The fraction of sp³-hybridized carbons (Fsp3) is 0.500. The average Bonchev–Trinajstić information content (AvgIpc) is 3.32. The number of hydrogen-bond acceptors (Lipinski definition) is 7. The van der Waals surface area contributed by atoms with Crippen LogP contribution in [0.5, 0.6) is 17.2 Å². The van der Waals surface area contributed by atoms with Gasteiger partial charge in [-0.2, -0.15) is 0 Å². The number of fused-ring (bicyclic) bond motifs is 1. The quantitative estimate of drug-likeness (QED) is 0.646. The number of hydrogen-bond donors (Lipinski definition) is 2. The number of likely N-dealkylation sites (tertiary alicyclic amines) is 1. The molecule has 8 nitrogen and oxygen atoms in total. The highest BCUT2D eigenvalue weighted by Crippen LogP contribution is 2.32. The van der Waals surface area contributed by atoms with E-state index < -0.39 is 0 Å². The van der Waals surface area contributed by atoms with Gasteiger partial charge in [-0.1, -0.05) is 18.2 Å². The molecule has 0 aliphatic carbocycles. The summed E-state index contributed by atoms with van der Waals surface area (Å²) in [7, 11) is 0. The largest absolute Gasteiger partial charge is 0.508 e. The number of aromatic hydroxyl groups is 1.